The molecule has 1 unspecified atom stereocenters. The molecular weight excluding hydrogens is 522 g/mol. The Labute approximate surface area is 233 Å². The molecule has 1 aliphatic rings. The minimum Gasteiger partial charge on any atom is -0.481 e. The highest BCUT2D eigenvalue weighted by molar-refractivity contribution is 5.94. The van der Waals surface area contributed by atoms with Gasteiger partial charge >= 0.3 is 0 Å². The summed E-state index contributed by atoms with van der Waals surface area (Å²) >= 11 is 0. The lowest BCUT2D eigenvalue weighted by atomic mass is 9.84. The van der Waals surface area contributed by atoms with Crippen LogP contribution in [0, 0.1) is 16.0 Å². The molecule has 1 aromatic carbocycles. The summed E-state index contributed by atoms with van der Waals surface area (Å²) in [6, 6.07) is 3.23. The van der Waals surface area contributed by atoms with Crippen molar-refractivity contribution in [2.45, 2.75) is 83.3 Å². The lowest BCUT2D eigenvalue weighted by molar-refractivity contribution is -0.384. The number of nitrogens with zero attached hydrogens (tertiary/aromatic N) is 2. The third-order valence-corrected chi connectivity index (χ3v) is 6.39. The van der Waals surface area contributed by atoms with Gasteiger partial charge in [0.05, 0.1) is 17.0 Å². The Morgan fingerprint density at radius 3 is 2.17 bits per heavy atom. The fourth-order valence-corrected chi connectivity index (χ4v) is 4.26. The van der Waals surface area contributed by atoms with Crippen LogP contribution < -0.4 is 27.8 Å². The molecule has 222 valence electrons. The van der Waals surface area contributed by atoms with E-state index in [-0.39, 0.29) is 48.6 Å². The van der Waals surface area contributed by atoms with Crippen LogP contribution in [0.1, 0.15) is 64.4 Å². The van der Waals surface area contributed by atoms with Crippen molar-refractivity contribution < 1.29 is 29.2 Å². The maximum Gasteiger partial charge on any atom is 0.300 e. The number of hydrogen-bond acceptors (Lipinski definition) is 8. The Morgan fingerprint density at radius 1 is 1.07 bits per heavy atom. The van der Waals surface area contributed by atoms with Crippen molar-refractivity contribution in [3.05, 3.63) is 39.9 Å². The van der Waals surface area contributed by atoms with E-state index in [4.69, 9.17) is 27.1 Å². The largest absolute Gasteiger partial charge is 0.481 e. The van der Waals surface area contributed by atoms with Gasteiger partial charge in [0, 0.05) is 32.0 Å². The van der Waals surface area contributed by atoms with E-state index in [1.54, 1.807) is 0 Å². The number of nitro groups is 1. The summed E-state index contributed by atoms with van der Waals surface area (Å²) in [5.41, 5.74) is 17.3. The van der Waals surface area contributed by atoms with Gasteiger partial charge in [-0.05, 0) is 44.1 Å². The Morgan fingerprint density at radius 2 is 1.65 bits per heavy atom. The number of non-ortho nitro benzene ring substituents is 1. The van der Waals surface area contributed by atoms with Crippen molar-refractivity contribution in [1.29, 1.82) is 0 Å². The van der Waals surface area contributed by atoms with Crippen LogP contribution in [0.25, 0.3) is 0 Å². The molecule has 0 radical (unpaired) electrons. The average molecular weight is 564 g/mol. The minimum absolute atomic E-state index is 0.0292. The molecule has 9 N–H and O–H groups in total. The SMILES string of the molecule is CC(=O)O.C[C@H](NC(=O)C(N)C1CCCCC1)C(=O)N[C@@H](CCCN=C(N)N)C(=O)Cc1ccc([N+](=O)[O-])cc1. The number of benzene rings is 1. The molecule has 14 nitrogen and oxygen atoms in total. The second-order valence-electron chi connectivity index (χ2n) is 9.75. The number of hydrogen-bond donors (Lipinski definition) is 6. The van der Waals surface area contributed by atoms with Gasteiger partial charge in [-0.3, -0.25) is 34.3 Å². The van der Waals surface area contributed by atoms with Crippen LogP contribution in [-0.4, -0.2) is 64.2 Å². The molecule has 0 aliphatic heterocycles. The zero-order valence-corrected chi connectivity index (χ0v) is 23.0. The van der Waals surface area contributed by atoms with E-state index in [1.807, 2.05) is 0 Å². The number of carbonyl (C=O) groups is 4. The zero-order chi connectivity index (χ0) is 30.2. The summed E-state index contributed by atoms with van der Waals surface area (Å²) in [6.45, 7) is 2.90. The van der Waals surface area contributed by atoms with Gasteiger partial charge in [0.25, 0.3) is 11.7 Å². The van der Waals surface area contributed by atoms with E-state index >= 15 is 0 Å². The third-order valence-electron chi connectivity index (χ3n) is 6.39. The molecule has 14 heteroatoms. The second kappa shape index (κ2) is 17.5. The molecule has 1 fully saturated rings. The highest BCUT2D eigenvalue weighted by Crippen LogP contribution is 2.25. The van der Waals surface area contributed by atoms with Crippen molar-refractivity contribution in [2.24, 2.45) is 28.1 Å². The Balaban J connectivity index is 0.00000187. The summed E-state index contributed by atoms with van der Waals surface area (Å²) in [5.74, 6) is -1.98. The fourth-order valence-electron chi connectivity index (χ4n) is 4.26. The molecule has 1 saturated carbocycles. The Hall–Kier alpha value is -4.07. The van der Waals surface area contributed by atoms with E-state index in [0.29, 0.717) is 12.0 Å². The maximum atomic E-state index is 13.0. The van der Waals surface area contributed by atoms with E-state index in [0.717, 1.165) is 39.0 Å². The molecule has 0 bridgehead atoms. The lowest BCUT2D eigenvalue weighted by Gasteiger charge is -2.28. The summed E-state index contributed by atoms with van der Waals surface area (Å²) < 4.78 is 0. The quantitative estimate of drug-likeness (QED) is 0.0646. The Bertz CT molecular complexity index is 1030. The van der Waals surface area contributed by atoms with Crippen molar-refractivity contribution in [2.75, 3.05) is 6.54 Å². The first-order chi connectivity index (χ1) is 18.8. The number of Topliss-reactive ketones (excluding diaryl/α,β-unsaturated/α-hetero) is 1. The summed E-state index contributed by atoms with van der Waals surface area (Å²) in [5, 5.41) is 23.7. The molecule has 2 amide bonds. The van der Waals surface area contributed by atoms with E-state index in [1.165, 1.54) is 31.2 Å². The third kappa shape index (κ3) is 13.1. The van der Waals surface area contributed by atoms with Crippen LogP contribution in [-0.2, 0) is 25.6 Å². The van der Waals surface area contributed by atoms with Crippen LogP contribution in [0.15, 0.2) is 29.3 Å². The number of guanidine groups is 1. The normalized spacial score (nSPS) is 15.3. The van der Waals surface area contributed by atoms with Gasteiger partial charge in [0.2, 0.25) is 11.8 Å². The van der Waals surface area contributed by atoms with Crippen molar-refractivity contribution in [3.63, 3.8) is 0 Å². The van der Waals surface area contributed by atoms with E-state index in [2.05, 4.69) is 15.6 Å². The summed E-state index contributed by atoms with van der Waals surface area (Å²) in [7, 11) is 0. The predicted molar refractivity (Wildman–Crippen MR) is 149 cm³/mol. The molecule has 2 rings (SSSR count). The lowest BCUT2D eigenvalue weighted by Crippen LogP contribution is -2.54. The number of nitrogens with one attached hydrogen (secondary N) is 2. The monoisotopic (exact) mass is 563 g/mol. The van der Waals surface area contributed by atoms with Crippen molar-refractivity contribution in [1.82, 2.24) is 10.6 Å². The number of amides is 2. The van der Waals surface area contributed by atoms with Crippen LogP contribution in [0.3, 0.4) is 0 Å². The van der Waals surface area contributed by atoms with Gasteiger partial charge < -0.3 is 32.9 Å². The number of carbonyl (C=O) groups excluding carboxylic acids is 3. The van der Waals surface area contributed by atoms with E-state index < -0.39 is 34.9 Å². The Kier molecular flexibility index (Phi) is 14.9. The smallest absolute Gasteiger partial charge is 0.300 e. The minimum atomic E-state index is -0.889. The zero-order valence-electron chi connectivity index (χ0n) is 23.0. The highest BCUT2D eigenvalue weighted by Gasteiger charge is 2.29. The topological polar surface area (TPSA) is 246 Å². The van der Waals surface area contributed by atoms with Crippen LogP contribution in [0.2, 0.25) is 0 Å². The number of carboxylic acid groups (broad SMARTS) is 1. The molecule has 40 heavy (non-hydrogen) atoms. The summed E-state index contributed by atoms with van der Waals surface area (Å²) in [4.78, 5) is 61.7. The molecule has 0 spiro atoms. The molecule has 0 aromatic heterocycles. The first-order valence-electron chi connectivity index (χ1n) is 13.2. The second-order valence-corrected chi connectivity index (χ2v) is 9.75. The first-order valence-corrected chi connectivity index (χ1v) is 13.2. The fraction of sp³-hybridized carbons (Fsp3) is 0.577. The van der Waals surface area contributed by atoms with E-state index in [9.17, 15) is 24.5 Å². The van der Waals surface area contributed by atoms with Gasteiger partial charge in [0.1, 0.15) is 6.04 Å². The number of carboxylic acids is 1. The molecular formula is C26H41N7O7. The van der Waals surface area contributed by atoms with Crippen LogP contribution >= 0.6 is 0 Å². The van der Waals surface area contributed by atoms with Gasteiger partial charge in [-0.25, -0.2) is 0 Å². The average Bonchev–Trinajstić information content (AvgIpc) is 2.90. The predicted octanol–water partition coefficient (Wildman–Crippen LogP) is 0.748. The van der Waals surface area contributed by atoms with Crippen molar-refractivity contribution >= 4 is 35.2 Å². The number of aliphatic imine (C=N–C) groups is 1. The molecule has 3 atom stereocenters. The van der Waals surface area contributed by atoms with Crippen molar-refractivity contribution in [3.8, 4) is 0 Å². The first kappa shape index (κ1) is 34.0. The standard InChI is InChI=1S/C24H37N7O5.C2H4O2/c1-15(29-23(34)21(25)17-6-3-2-4-7-17)22(33)30-19(8-5-13-28-24(26)27)20(32)14-16-9-11-18(12-10-16)31(35)36;1-2(3)4/h9-12,15,17,19,21H,2-8,13-14,25H2,1H3,(H,29,34)(H,30,33)(H4,26,27,28);1H3,(H,3,4)/t15-,19-,21?;/m0./s1. The number of nitrogens with two attached hydrogens (primary N) is 3. The number of nitro benzene ring substituents is 1. The van der Waals surface area contributed by atoms with Crippen LogP contribution in [0.5, 0.6) is 0 Å². The highest BCUT2D eigenvalue weighted by atomic mass is 16.6. The van der Waals surface area contributed by atoms with Gasteiger partial charge in [-0.1, -0.05) is 31.4 Å². The molecule has 1 aliphatic carbocycles. The molecule has 1 aromatic rings. The van der Waals surface area contributed by atoms with Gasteiger partial charge in [-0.15, -0.1) is 0 Å². The summed E-state index contributed by atoms with van der Waals surface area (Å²) in [6.07, 6.45) is 5.69. The molecule has 0 saturated heterocycles. The van der Waals surface area contributed by atoms with Gasteiger partial charge in [0.15, 0.2) is 11.7 Å². The number of aliphatic carboxylic acids is 1. The van der Waals surface area contributed by atoms with Crippen LogP contribution in [0.4, 0.5) is 5.69 Å². The number of ketones is 1. The number of rotatable bonds is 13. The molecule has 0 heterocycles. The van der Waals surface area contributed by atoms with Gasteiger partial charge in [-0.2, -0.15) is 0 Å². The maximum absolute atomic E-state index is 13.0.